The van der Waals surface area contributed by atoms with Crippen LogP contribution in [0.15, 0.2) is 90.0 Å². The Bertz CT molecular complexity index is 901. The summed E-state index contributed by atoms with van der Waals surface area (Å²) in [7, 11) is 0. The molecule has 2 N–H and O–H groups in total. The second-order valence-electron chi connectivity index (χ2n) is 6.11. The Balaban J connectivity index is 1.87. The molecule has 0 fully saturated rings. The molecule has 5 heteroatoms. The molecule has 0 bridgehead atoms. The molecule has 0 atom stereocenters. The van der Waals surface area contributed by atoms with Gasteiger partial charge >= 0.3 is 0 Å². The Morgan fingerprint density at radius 2 is 1.50 bits per heavy atom. The molecule has 0 heterocycles. The topological polar surface area (TPSA) is 70.9 Å². The van der Waals surface area contributed by atoms with Gasteiger partial charge in [-0.1, -0.05) is 72.8 Å². The molecule has 0 spiro atoms. The van der Waals surface area contributed by atoms with Crippen LogP contribution in [0, 0.1) is 0 Å². The second-order valence-corrected chi connectivity index (χ2v) is 6.11. The number of ether oxygens (including phenoxy) is 1. The Morgan fingerprint density at radius 1 is 0.964 bits per heavy atom. The molecule has 0 aliphatic carbocycles. The van der Waals surface area contributed by atoms with E-state index in [1.54, 1.807) is 48.5 Å². The number of carbonyl (C=O) groups is 1. The van der Waals surface area contributed by atoms with Crippen molar-refractivity contribution in [3.63, 3.8) is 0 Å². The molecular formula is C23H22N2O3. The first-order valence-corrected chi connectivity index (χ1v) is 9.05. The standard InChI is InChI=1S/C23H22N2O3/c1-2-28-21-16-10-9-11-18(21)17-24-25-22(26)23(27,19-12-5-3-6-13-19)20-14-7-4-8-15-20/h3-17,27H,2H2,1H3,(H,25,26)/b24-17-. The summed E-state index contributed by atoms with van der Waals surface area (Å²) in [5.74, 6) is 0.0272. The summed E-state index contributed by atoms with van der Waals surface area (Å²) < 4.78 is 5.55. The van der Waals surface area contributed by atoms with Crippen LogP contribution in [-0.4, -0.2) is 23.8 Å². The van der Waals surface area contributed by atoms with Crippen molar-refractivity contribution in [2.45, 2.75) is 12.5 Å². The SMILES string of the molecule is CCOc1ccccc1/C=N\NC(=O)C(O)(c1ccccc1)c1ccccc1. The third-order valence-corrected chi connectivity index (χ3v) is 4.30. The van der Waals surface area contributed by atoms with E-state index in [-0.39, 0.29) is 0 Å². The fraction of sp³-hybridized carbons (Fsp3) is 0.130. The summed E-state index contributed by atoms with van der Waals surface area (Å²) in [4.78, 5) is 13.0. The number of para-hydroxylation sites is 1. The highest BCUT2D eigenvalue weighted by Crippen LogP contribution is 2.29. The van der Waals surface area contributed by atoms with Gasteiger partial charge in [0, 0.05) is 5.56 Å². The molecule has 0 radical (unpaired) electrons. The summed E-state index contributed by atoms with van der Waals surface area (Å²) >= 11 is 0. The number of hydrogen-bond acceptors (Lipinski definition) is 4. The zero-order valence-corrected chi connectivity index (χ0v) is 15.6. The Kier molecular flexibility index (Phi) is 6.19. The zero-order valence-electron chi connectivity index (χ0n) is 15.6. The predicted molar refractivity (Wildman–Crippen MR) is 109 cm³/mol. The maximum Gasteiger partial charge on any atom is 0.281 e. The number of aliphatic hydroxyl groups is 1. The first-order valence-electron chi connectivity index (χ1n) is 9.05. The highest BCUT2D eigenvalue weighted by molar-refractivity contribution is 5.91. The number of nitrogens with one attached hydrogen (secondary N) is 1. The molecule has 1 amide bonds. The van der Waals surface area contributed by atoms with Crippen molar-refractivity contribution in [2.24, 2.45) is 5.10 Å². The van der Waals surface area contributed by atoms with Gasteiger partial charge in [0.1, 0.15) is 5.75 Å². The Morgan fingerprint density at radius 3 is 2.07 bits per heavy atom. The van der Waals surface area contributed by atoms with Crippen LogP contribution in [-0.2, 0) is 10.4 Å². The third kappa shape index (κ3) is 4.10. The molecule has 0 saturated carbocycles. The molecule has 3 rings (SSSR count). The zero-order chi connectivity index (χ0) is 19.8. The molecule has 0 unspecified atom stereocenters. The van der Waals surface area contributed by atoms with Gasteiger partial charge in [0.05, 0.1) is 12.8 Å². The van der Waals surface area contributed by atoms with E-state index in [1.807, 2.05) is 43.3 Å². The van der Waals surface area contributed by atoms with Gasteiger partial charge in [0.25, 0.3) is 5.91 Å². The van der Waals surface area contributed by atoms with E-state index < -0.39 is 11.5 Å². The molecule has 5 nitrogen and oxygen atoms in total. The minimum Gasteiger partial charge on any atom is -0.493 e. The molecular weight excluding hydrogens is 352 g/mol. The first-order chi connectivity index (χ1) is 13.7. The largest absolute Gasteiger partial charge is 0.493 e. The summed E-state index contributed by atoms with van der Waals surface area (Å²) in [6.45, 7) is 2.43. The van der Waals surface area contributed by atoms with Gasteiger partial charge in [-0.3, -0.25) is 4.79 Å². The molecule has 0 aromatic heterocycles. The lowest BCUT2D eigenvalue weighted by atomic mass is 9.85. The Hall–Kier alpha value is -3.44. The van der Waals surface area contributed by atoms with Crippen LogP contribution in [0.1, 0.15) is 23.6 Å². The molecule has 28 heavy (non-hydrogen) atoms. The van der Waals surface area contributed by atoms with Gasteiger partial charge in [-0.2, -0.15) is 5.10 Å². The molecule has 0 aliphatic rings. The second kappa shape index (κ2) is 8.97. The van der Waals surface area contributed by atoms with Crippen molar-refractivity contribution in [1.82, 2.24) is 5.43 Å². The van der Waals surface area contributed by atoms with Crippen LogP contribution >= 0.6 is 0 Å². The minimum atomic E-state index is -1.86. The Labute approximate surface area is 164 Å². The molecule has 142 valence electrons. The van der Waals surface area contributed by atoms with E-state index in [9.17, 15) is 9.90 Å². The van der Waals surface area contributed by atoms with Gasteiger partial charge in [-0.25, -0.2) is 5.43 Å². The lowest BCUT2D eigenvalue weighted by Crippen LogP contribution is -2.43. The van der Waals surface area contributed by atoms with E-state index >= 15 is 0 Å². The number of benzene rings is 3. The quantitative estimate of drug-likeness (QED) is 0.491. The summed E-state index contributed by atoms with van der Waals surface area (Å²) in [6, 6.07) is 25.0. The fourth-order valence-corrected chi connectivity index (χ4v) is 2.90. The highest BCUT2D eigenvalue weighted by Gasteiger charge is 2.39. The van der Waals surface area contributed by atoms with E-state index in [2.05, 4.69) is 10.5 Å². The average molecular weight is 374 g/mol. The minimum absolute atomic E-state index is 0.462. The normalized spacial score (nSPS) is 11.4. The van der Waals surface area contributed by atoms with Crippen LogP contribution in [0.2, 0.25) is 0 Å². The van der Waals surface area contributed by atoms with E-state index in [0.29, 0.717) is 23.5 Å². The number of hydrogen-bond donors (Lipinski definition) is 2. The number of amides is 1. The molecule has 0 saturated heterocycles. The van der Waals surface area contributed by atoms with Gasteiger partial charge < -0.3 is 9.84 Å². The van der Waals surface area contributed by atoms with E-state index in [0.717, 1.165) is 5.56 Å². The predicted octanol–water partition coefficient (Wildman–Crippen LogP) is 3.47. The fourth-order valence-electron chi connectivity index (χ4n) is 2.90. The van der Waals surface area contributed by atoms with Gasteiger partial charge in [-0.15, -0.1) is 0 Å². The number of nitrogens with zero attached hydrogens (tertiary/aromatic N) is 1. The smallest absolute Gasteiger partial charge is 0.281 e. The van der Waals surface area contributed by atoms with Crippen LogP contribution in [0.3, 0.4) is 0 Å². The van der Waals surface area contributed by atoms with Crippen molar-refractivity contribution in [2.75, 3.05) is 6.61 Å². The van der Waals surface area contributed by atoms with Crippen LogP contribution < -0.4 is 10.2 Å². The van der Waals surface area contributed by atoms with Crippen molar-refractivity contribution in [3.8, 4) is 5.75 Å². The lowest BCUT2D eigenvalue weighted by Gasteiger charge is -2.27. The summed E-state index contributed by atoms with van der Waals surface area (Å²) in [6.07, 6.45) is 1.50. The first kappa shape index (κ1) is 19.3. The number of carbonyl (C=O) groups excluding carboxylic acids is 1. The summed E-state index contributed by atoms with van der Waals surface area (Å²) in [5.41, 5.74) is 2.25. The average Bonchev–Trinajstić information content (AvgIpc) is 2.75. The maximum absolute atomic E-state index is 13.0. The number of rotatable bonds is 7. The molecule has 0 aliphatic heterocycles. The maximum atomic E-state index is 13.0. The van der Waals surface area contributed by atoms with E-state index in [4.69, 9.17) is 4.74 Å². The van der Waals surface area contributed by atoms with Crippen molar-refractivity contribution in [1.29, 1.82) is 0 Å². The molecule has 3 aromatic rings. The lowest BCUT2D eigenvalue weighted by molar-refractivity contribution is -0.136. The van der Waals surface area contributed by atoms with Gasteiger partial charge in [0.2, 0.25) is 0 Å². The van der Waals surface area contributed by atoms with Crippen molar-refractivity contribution in [3.05, 3.63) is 102 Å². The summed E-state index contributed by atoms with van der Waals surface area (Å²) in [5, 5.41) is 15.4. The van der Waals surface area contributed by atoms with Crippen molar-refractivity contribution < 1.29 is 14.6 Å². The van der Waals surface area contributed by atoms with Gasteiger partial charge in [-0.05, 0) is 30.2 Å². The van der Waals surface area contributed by atoms with Gasteiger partial charge in [0.15, 0.2) is 5.60 Å². The third-order valence-electron chi connectivity index (χ3n) is 4.30. The van der Waals surface area contributed by atoms with E-state index in [1.165, 1.54) is 6.21 Å². The number of hydrazone groups is 1. The highest BCUT2D eigenvalue weighted by atomic mass is 16.5. The van der Waals surface area contributed by atoms with Crippen LogP contribution in [0.5, 0.6) is 5.75 Å². The monoisotopic (exact) mass is 374 g/mol. The van der Waals surface area contributed by atoms with Crippen molar-refractivity contribution >= 4 is 12.1 Å². The van der Waals surface area contributed by atoms with Crippen LogP contribution in [0.25, 0.3) is 0 Å². The van der Waals surface area contributed by atoms with Crippen LogP contribution in [0.4, 0.5) is 0 Å². The molecule has 3 aromatic carbocycles.